The molecule has 0 spiro atoms. The lowest BCUT2D eigenvalue weighted by Gasteiger charge is -2.28. The molecule has 0 fully saturated rings. The summed E-state index contributed by atoms with van der Waals surface area (Å²) in [7, 11) is 1.70. The summed E-state index contributed by atoms with van der Waals surface area (Å²) < 4.78 is 1.49. The minimum Gasteiger partial charge on any atom is -0.338 e. The summed E-state index contributed by atoms with van der Waals surface area (Å²) in [4.78, 5) is 30.2. The van der Waals surface area contributed by atoms with Crippen LogP contribution in [-0.4, -0.2) is 33.6 Å². The molecule has 2 heterocycles. The van der Waals surface area contributed by atoms with E-state index in [1.165, 1.54) is 35.7 Å². The number of allylic oxidation sites excluding steroid dienone is 1. The first-order valence-electron chi connectivity index (χ1n) is 7.89. The number of fused-ring (bicyclic) bond motifs is 1. The van der Waals surface area contributed by atoms with Crippen LogP contribution < -0.4 is 10.9 Å². The molecule has 3 rings (SSSR count). The molecular weight excluding hydrogens is 280 g/mol. The molecule has 1 aliphatic heterocycles. The number of hydrogen-bond donors (Lipinski definition) is 1. The number of rotatable bonds is 3. The van der Waals surface area contributed by atoms with Gasteiger partial charge in [-0.3, -0.25) is 4.79 Å². The quantitative estimate of drug-likeness (QED) is 0.857. The van der Waals surface area contributed by atoms with Gasteiger partial charge in [-0.2, -0.15) is 0 Å². The smallest absolute Gasteiger partial charge is 0.317 e. The Bertz CT molecular complexity index is 663. The first kappa shape index (κ1) is 14.8. The van der Waals surface area contributed by atoms with E-state index in [4.69, 9.17) is 0 Å². The molecule has 0 bridgehead atoms. The van der Waals surface area contributed by atoms with Crippen molar-refractivity contribution in [1.82, 2.24) is 19.8 Å². The van der Waals surface area contributed by atoms with Gasteiger partial charge in [-0.05, 0) is 32.1 Å². The van der Waals surface area contributed by atoms with Gasteiger partial charge in [0.15, 0.2) is 0 Å². The second-order valence-corrected chi connectivity index (χ2v) is 5.99. The summed E-state index contributed by atoms with van der Waals surface area (Å²) in [6, 6.07) is -0.0632. The molecule has 1 aromatic rings. The van der Waals surface area contributed by atoms with Crippen molar-refractivity contribution >= 4 is 6.03 Å². The molecule has 0 radical (unpaired) electrons. The number of amides is 2. The van der Waals surface area contributed by atoms with Gasteiger partial charge in [0.05, 0.1) is 18.6 Å². The fraction of sp³-hybridized carbons (Fsp3) is 0.562. The lowest BCUT2D eigenvalue weighted by atomic mass is 10.1. The minimum absolute atomic E-state index is 0.00164. The van der Waals surface area contributed by atoms with E-state index in [1.54, 1.807) is 11.9 Å². The molecule has 1 aliphatic carbocycles. The molecule has 1 N–H and O–H groups in total. The van der Waals surface area contributed by atoms with E-state index in [1.807, 2.05) is 0 Å². The summed E-state index contributed by atoms with van der Waals surface area (Å²) in [5.41, 5.74) is 2.92. The third-order valence-electron chi connectivity index (χ3n) is 4.43. The van der Waals surface area contributed by atoms with Crippen molar-refractivity contribution in [1.29, 1.82) is 0 Å². The van der Waals surface area contributed by atoms with Crippen molar-refractivity contribution in [3.8, 4) is 0 Å². The van der Waals surface area contributed by atoms with Crippen LogP contribution in [0.25, 0.3) is 0 Å². The zero-order chi connectivity index (χ0) is 15.5. The molecule has 0 saturated heterocycles. The van der Waals surface area contributed by atoms with Crippen LogP contribution in [0.1, 0.15) is 36.9 Å². The van der Waals surface area contributed by atoms with Crippen molar-refractivity contribution < 1.29 is 4.79 Å². The third kappa shape index (κ3) is 3.05. The topological polar surface area (TPSA) is 67.2 Å². The van der Waals surface area contributed by atoms with E-state index in [0.29, 0.717) is 26.1 Å². The highest BCUT2D eigenvalue weighted by Crippen LogP contribution is 2.20. The zero-order valence-electron chi connectivity index (χ0n) is 13.0. The van der Waals surface area contributed by atoms with Gasteiger partial charge in [0, 0.05) is 25.7 Å². The van der Waals surface area contributed by atoms with Crippen molar-refractivity contribution in [2.24, 2.45) is 7.05 Å². The second kappa shape index (κ2) is 6.34. The Morgan fingerprint density at radius 2 is 2.27 bits per heavy atom. The maximum Gasteiger partial charge on any atom is 0.317 e. The van der Waals surface area contributed by atoms with Crippen molar-refractivity contribution in [3.05, 3.63) is 39.6 Å². The molecule has 118 valence electrons. The number of aromatic nitrogens is 2. The predicted molar refractivity (Wildman–Crippen MR) is 83.5 cm³/mol. The largest absolute Gasteiger partial charge is 0.338 e. The third-order valence-corrected chi connectivity index (χ3v) is 4.43. The SMILES string of the molecule is Cn1cnc2c(c1=O)CCN(C(=O)NCCC1=CCCC1)C2. The van der Waals surface area contributed by atoms with Crippen LogP contribution in [0.15, 0.2) is 22.8 Å². The molecule has 22 heavy (non-hydrogen) atoms. The van der Waals surface area contributed by atoms with Gasteiger partial charge in [0.1, 0.15) is 0 Å². The summed E-state index contributed by atoms with van der Waals surface area (Å²) in [6.45, 7) is 1.67. The highest BCUT2D eigenvalue weighted by molar-refractivity contribution is 5.74. The molecule has 0 saturated carbocycles. The Morgan fingerprint density at radius 1 is 1.41 bits per heavy atom. The molecule has 2 amide bonds. The van der Waals surface area contributed by atoms with Crippen LogP contribution in [0.5, 0.6) is 0 Å². The fourth-order valence-electron chi connectivity index (χ4n) is 3.10. The van der Waals surface area contributed by atoms with Gasteiger partial charge in [0.2, 0.25) is 0 Å². The molecule has 0 atom stereocenters. The second-order valence-electron chi connectivity index (χ2n) is 5.99. The van der Waals surface area contributed by atoms with E-state index in [0.717, 1.165) is 17.7 Å². The molecular formula is C16H22N4O2. The molecule has 0 aromatic carbocycles. The van der Waals surface area contributed by atoms with Crippen LogP contribution in [-0.2, 0) is 20.0 Å². The van der Waals surface area contributed by atoms with Gasteiger partial charge in [-0.15, -0.1) is 0 Å². The van der Waals surface area contributed by atoms with Gasteiger partial charge in [-0.25, -0.2) is 9.78 Å². The van der Waals surface area contributed by atoms with Gasteiger partial charge in [-0.1, -0.05) is 11.6 Å². The Balaban J connectivity index is 1.56. The van der Waals surface area contributed by atoms with Crippen LogP contribution in [0.2, 0.25) is 0 Å². The average molecular weight is 302 g/mol. The number of carbonyl (C=O) groups excluding carboxylic acids is 1. The van der Waals surface area contributed by atoms with Crippen LogP contribution in [0.4, 0.5) is 4.79 Å². The predicted octanol–water partition coefficient (Wildman–Crippen LogP) is 1.35. The van der Waals surface area contributed by atoms with Gasteiger partial charge >= 0.3 is 6.03 Å². The number of urea groups is 1. The molecule has 6 heteroatoms. The highest BCUT2D eigenvalue weighted by Gasteiger charge is 2.23. The summed E-state index contributed by atoms with van der Waals surface area (Å²) in [5, 5.41) is 2.97. The van der Waals surface area contributed by atoms with E-state index in [-0.39, 0.29) is 11.6 Å². The number of hydrogen-bond acceptors (Lipinski definition) is 3. The highest BCUT2D eigenvalue weighted by atomic mass is 16.2. The summed E-state index contributed by atoms with van der Waals surface area (Å²) >= 11 is 0. The average Bonchev–Trinajstić information content (AvgIpc) is 3.04. The van der Waals surface area contributed by atoms with E-state index in [2.05, 4.69) is 16.4 Å². The number of nitrogens with one attached hydrogen (secondary N) is 1. The first-order chi connectivity index (χ1) is 10.6. The Labute approximate surface area is 129 Å². The van der Waals surface area contributed by atoms with Crippen molar-refractivity contribution in [3.63, 3.8) is 0 Å². The van der Waals surface area contributed by atoms with E-state index < -0.39 is 0 Å². The minimum atomic E-state index is -0.0632. The van der Waals surface area contributed by atoms with E-state index >= 15 is 0 Å². The number of aryl methyl sites for hydroxylation is 1. The molecule has 0 unspecified atom stereocenters. The van der Waals surface area contributed by atoms with Gasteiger partial charge in [0.25, 0.3) is 5.56 Å². The molecule has 1 aromatic heterocycles. The summed E-state index contributed by atoms with van der Waals surface area (Å²) in [5.74, 6) is 0. The lowest BCUT2D eigenvalue weighted by Crippen LogP contribution is -2.45. The maximum absolute atomic E-state index is 12.2. The Hall–Kier alpha value is -2.11. The Morgan fingerprint density at radius 3 is 3.05 bits per heavy atom. The fourth-order valence-corrected chi connectivity index (χ4v) is 3.10. The number of carbonyl (C=O) groups is 1. The molecule has 6 nitrogen and oxygen atoms in total. The monoisotopic (exact) mass is 302 g/mol. The maximum atomic E-state index is 12.2. The number of nitrogens with zero attached hydrogens (tertiary/aromatic N) is 3. The zero-order valence-corrected chi connectivity index (χ0v) is 13.0. The van der Waals surface area contributed by atoms with Crippen LogP contribution in [0.3, 0.4) is 0 Å². The summed E-state index contributed by atoms with van der Waals surface area (Å²) in [6.07, 6.45) is 8.90. The van der Waals surface area contributed by atoms with Gasteiger partial charge < -0.3 is 14.8 Å². The molecule has 2 aliphatic rings. The van der Waals surface area contributed by atoms with Crippen LogP contribution in [0, 0.1) is 0 Å². The normalized spacial score (nSPS) is 17.1. The van der Waals surface area contributed by atoms with Crippen molar-refractivity contribution in [2.45, 2.75) is 38.6 Å². The van der Waals surface area contributed by atoms with Crippen molar-refractivity contribution in [2.75, 3.05) is 13.1 Å². The van der Waals surface area contributed by atoms with E-state index in [9.17, 15) is 9.59 Å². The van der Waals surface area contributed by atoms with Crippen LogP contribution >= 0.6 is 0 Å². The Kier molecular flexibility index (Phi) is 4.27. The lowest BCUT2D eigenvalue weighted by molar-refractivity contribution is 0.191. The standard InChI is InChI=1S/C16H22N4O2/c1-19-11-18-14-10-20(9-7-13(14)15(19)21)16(22)17-8-6-12-4-2-3-5-12/h4,11H,2-3,5-10H2,1H3,(H,17,22). The first-order valence-corrected chi connectivity index (χ1v) is 7.89.